The van der Waals surface area contributed by atoms with Gasteiger partial charge in [-0.2, -0.15) is 9.98 Å². The minimum Gasteiger partial charge on any atom is -0.365 e. The molecule has 1 saturated heterocycles. The van der Waals surface area contributed by atoms with E-state index in [-0.39, 0.29) is 28.2 Å². The van der Waals surface area contributed by atoms with Gasteiger partial charge in [0.2, 0.25) is 0 Å². The lowest BCUT2D eigenvalue weighted by Gasteiger charge is -2.33. The van der Waals surface area contributed by atoms with Gasteiger partial charge in [0.1, 0.15) is 10.7 Å². The van der Waals surface area contributed by atoms with Crippen molar-refractivity contribution in [1.82, 2.24) is 10.3 Å². The Hall–Kier alpha value is -3.28. The molecular formula is C16H16N6O3. The lowest BCUT2D eigenvalue weighted by Crippen LogP contribution is -2.50. The summed E-state index contributed by atoms with van der Waals surface area (Å²) in [6.07, 6.45) is 2.94. The van der Waals surface area contributed by atoms with Crippen molar-refractivity contribution in [2.24, 2.45) is 15.7 Å². The number of nitrogens with zero attached hydrogens (tertiary/aromatic N) is 4. The fraction of sp³-hybridized carbons (Fsp3) is 0.375. The van der Waals surface area contributed by atoms with Gasteiger partial charge in [-0.1, -0.05) is 5.92 Å². The average Bonchev–Trinajstić information content (AvgIpc) is 2.95. The standard InChI is InChI=1S/C16H16N6O3/c1-2-4-11(23)19-9-5-3-6-22(8-9)15-13-12(20-16(25)21-13)10(7-18-15)14(17)24/h7,9H,3,5-6,8H2,1H3,(H2,17,24)(H,19,23)/t9-/m1/s1. The fourth-order valence-corrected chi connectivity index (χ4v) is 2.95. The Morgan fingerprint density at radius 2 is 2.12 bits per heavy atom. The zero-order chi connectivity index (χ0) is 18.0. The first kappa shape index (κ1) is 16.6. The molecule has 3 heterocycles. The lowest BCUT2D eigenvalue weighted by molar-refractivity contribution is -0.116. The van der Waals surface area contributed by atoms with E-state index in [0.29, 0.717) is 18.9 Å². The van der Waals surface area contributed by atoms with Crippen molar-refractivity contribution in [3.63, 3.8) is 0 Å². The summed E-state index contributed by atoms with van der Waals surface area (Å²) in [7, 11) is 0. The summed E-state index contributed by atoms with van der Waals surface area (Å²) in [5.74, 6) is 4.42. The van der Waals surface area contributed by atoms with Crippen LogP contribution in [0.5, 0.6) is 0 Å². The van der Waals surface area contributed by atoms with Gasteiger partial charge in [-0.15, -0.1) is 0 Å². The Kier molecular flexibility index (Phi) is 4.43. The molecule has 1 aromatic heterocycles. The van der Waals surface area contributed by atoms with Crippen LogP contribution in [0.25, 0.3) is 0 Å². The predicted molar refractivity (Wildman–Crippen MR) is 87.3 cm³/mol. The summed E-state index contributed by atoms with van der Waals surface area (Å²) < 4.78 is 0. The number of amides is 4. The molecule has 0 aromatic carbocycles. The third-order valence-electron chi connectivity index (χ3n) is 3.98. The van der Waals surface area contributed by atoms with Crippen LogP contribution >= 0.6 is 0 Å². The van der Waals surface area contributed by atoms with Crippen molar-refractivity contribution in [1.29, 1.82) is 0 Å². The number of hydrogen-bond acceptors (Lipinski definition) is 5. The zero-order valence-electron chi connectivity index (χ0n) is 13.6. The summed E-state index contributed by atoms with van der Waals surface area (Å²) >= 11 is 0. The molecule has 1 aromatic rings. The second-order valence-electron chi connectivity index (χ2n) is 5.70. The van der Waals surface area contributed by atoms with E-state index in [1.807, 2.05) is 4.90 Å². The molecule has 1 fully saturated rings. The maximum absolute atomic E-state index is 11.7. The van der Waals surface area contributed by atoms with Crippen molar-refractivity contribution in [2.75, 3.05) is 18.0 Å². The number of pyridine rings is 1. The van der Waals surface area contributed by atoms with Gasteiger partial charge in [0.15, 0.2) is 5.82 Å². The number of urea groups is 1. The predicted octanol–water partition coefficient (Wildman–Crippen LogP) is -1.34. The number of anilines is 1. The van der Waals surface area contributed by atoms with Crippen molar-refractivity contribution in [3.05, 3.63) is 22.5 Å². The number of carbonyl (C=O) groups is 3. The van der Waals surface area contributed by atoms with E-state index in [1.54, 1.807) is 6.92 Å². The quantitative estimate of drug-likeness (QED) is 0.658. The highest BCUT2D eigenvalue weighted by Crippen LogP contribution is 2.15. The van der Waals surface area contributed by atoms with Crippen molar-refractivity contribution < 1.29 is 14.4 Å². The first-order chi connectivity index (χ1) is 12.0. The Morgan fingerprint density at radius 1 is 1.36 bits per heavy atom. The molecule has 4 amide bonds. The smallest absolute Gasteiger partial charge is 0.365 e. The molecule has 0 saturated carbocycles. The van der Waals surface area contributed by atoms with Gasteiger partial charge in [0.25, 0.3) is 11.8 Å². The molecule has 0 spiro atoms. The van der Waals surface area contributed by atoms with Gasteiger partial charge in [-0.25, -0.2) is 9.78 Å². The molecule has 128 valence electrons. The van der Waals surface area contributed by atoms with Crippen LogP contribution in [-0.4, -0.2) is 42.0 Å². The van der Waals surface area contributed by atoms with E-state index in [2.05, 4.69) is 32.1 Å². The number of piperidine rings is 1. The Morgan fingerprint density at radius 3 is 2.84 bits per heavy atom. The van der Waals surface area contributed by atoms with E-state index in [4.69, 9.17) is 5.73 Å². The van der Waals surface area contributed by atoms with Gasteiger partial charge in [-0.3, -0.25) is 9.59 Å². The van der Waals surface area contributed by atoms with Gasteiger partial charge in [0, 0.05) is 25.3 Å². The molecule has 9 heteroatoms. The third-order valence-corrected chi connectivity index (χ3v) is 3.98. The molecule has 3 rings (SSSR count). The SMILES string of the molecule is CC#CC(=O)N[C@@H]1CCCN(c2ncc(C(N)=O)c3c2=NC(=O)N=3)C1. The minimum absolute atomic E-state index is 0.0634. The molecule has 0 radical (unpaired) electrons. The first-order valence-corrected chi connectivity index (χ1v) is 7.78. The highest BCUT2D eigenvalue weighted by molar-refractivity contribution is 5.94. The molecular weight excluding hydrogens is 324 g/mol. The molecule has 3 N–H and O–H groups in total. The van der Waals surface area contributed by atoms with Crippen LogP contribution in [0.15, 0.2) is 16.2 Å². The summed E-state index contributed by atoms with van der Waals surface area (Å²) in [6, 6.07) is -0.781. The molecule has 2 aliphatic rings. The Balaban J connectivity index is 1.92. The largest absolute Gasteiger partial charge is 0.368 e. The van der Waals surface area contributed by atoms with Crippen LogP contribution in [0.2, 0.25) is 0 Å². The van der Waals surface area contributed by atoms with Crippen LogP contribution in [-0.2, 0) is 4.79 Å². The average molecular weight is 340 g/mol. The van der Waals surface area contributed by atoms with E-state index < -0.39 is 11.9 Å². The van der Waals surface area contributed by atoms with Crippen molar-refractivity contribution >= 4 is 23.7 Å². The minimum atomic E-state index is -0.717. The lowest BCUT2D eigenvalue weighted by atomic mass is 10.1. The molecule has 2 aliphatic heterocycles. The van der Waals surface area contributed by atoms with E-state index in [9.17, 15) is 14.4 Å². The topological polar surface area (TPSA) is 130 Å². The van der Waals surface area contributed by atoms with Crippen LogP contribution in [0.1, 0.15) is 30.1 Å². The fourth-order valence-electron chi connectivity index (χ4n) is 2.95. The van der Waals surface area contributed by atoms with Gasteiger partial charge in [0.05, 0.1) is 5.56 Å². The highest BCUT2D eigenvalue weighted by atomic mass is 16.2. The number of nitrogens with one attached hydrogen (secondary N) is 1. The molecule has 25 heavy (non-hydrogen) atoms. The van der Waals surface area contributed by atoms with Gasteiger partial charge >= 0.3 is 6.03 Å². The van der Waals surface area contributed by atoms with E-state index in [1.165, 1.54) is 6.20 Å². The molecule has 1 atom stereocenters. The highest BCUT2D eigenvalue weighted by Gasteiger charge is 2.26. The first-order valence-electron chi connectivity index (χ1n) is 7.78. The summed E-state index contributed by atoms with van der Waals surface area (Å²) in [5, 5.41) is 3.26. The van der Waals surface area contributed by atoms with Crippen LogP contribution in [0, 0.1) is 11.8 Å². The second kappa shape index (κ2) is 6.68. The number of fused-ring (bicyclic) bond motifs is 1. The maximum Gasteiger partial charge on any atom is 0.368 e. The third kappa shape index (κ3) is 3.33. The summed E-state index contributed by atoms with van der Waals surface area (Å²) in [5.41, 5.74) is 5.36. The molecule has 0 bridgehead atoms. The van der Waals surface area contributed by atoms with E-state index >= 15 is 0 Å². The second-order valence-corrected chi connectivity index (χ2v) is 5.70. The monoisotopic (exact) mass is 340 g/mol. The van der Waals surface area contributed by atoms with Crippen molar-refractivity contribution in [3.8, 4) is 11.8 Å². The molecule has 0 unspecified atom stereocenters. The van der Waals surface area contributed by atoms with Gasteiger partial charge < -0.3 is 16.0 Å². The number of hydrogen-bond donors (Lipinski definition) is 2. The van der Waals surface area contributed by atoms with Gasteiger partial charge in [-0.05, 0) is 25.7 Å². The number of rotatable bonds is 3. The van der Waals surface area contributed by atoms with Crippen LogP contribution < -0.4 is 26.7 Å². The maximum atomic E-state index is 11.7. The summed E-state index contributed by atoms with van der Waals surface area (Å²) in [4.78, 5) is 48.5. The summed E-state index contributed by atoms with van der Waals surface area (Å²) in [6.45, 7) is 2.78. The van der Waals surface area contributed by atoms with Crippen molar-refractivity contribution in [2.45, 2.75) is 25.8 Å². The number of aromatic nitrogens is 1. The normalized spacial score (nSPS) is 18.4. The number of nitrogens with two attached hydrogens (primary N) is 1. The Bertz CT molecular complexity index is 943. The van der Waals surface area contributed by atoms with E-state index in [0.717, 1.165) is 12.8 Å². The van der Waals surface area contributed by atoms with Crippen LogP contribution in [0.3, 0.4) is 0 Å². The van der Waals surface area contributed by atoms with Crippen LogP contribution in [0.4, 0.5) is 10.6 Å². The number of primary amides is 1. The molecule has 0 aliphatic carbocycles. The zero-order valence-corrected chi connectivity index (χ0v) is 13.6. The molecule has 9 nitrogen and oxygen atoms in total. The number of carbonyl (C=O) groups excluding carboxylic acids is 3. The Labute approximate surface area is 143 Å².